The second-order valence-corrected chi connectivity index (χ2v) is 4.48. The maximum atomic E-state index is 13.4. The zero-order chi connectivity index (χ0) is 12.5. The van der Waals surface area contributed by atoms with Gasteiger partial charge in [0.25, 0.3) is 0 Å². The first-order chi connectivity index (χ1) is 8.24. The Morgan fingerprint density at radius 2 is 1.94 bits per heavy atom. The highest BCUT2D eigenvalue weighted by molar-refractivity contribution is 6.30. The average Bonchev–Trinajstić information content (AvgIpc) is 2.32. The van der Waals surface area contributed by atoms with E-state index in [9.17, 15) is 4.39 Å². The van der Waals surface area contributed by atoms with E-state index in [0.717, 1.165) is 32.5 Å². The summed E-state index contributed by atoms with van der Waals surface area (Å²) in [5.74, 6) is -0.175. The second kappa shape index (κ2) is 8.45. The molecule has 0 heterocycles. The smallest absolute Gasteiger partial charge is 0.126 e. The molecule has 0 aliphatic carbocycles. The molecular weight excluding hydrogens is 239 g/mol. The van der Waals surface area contributed by atoms with Crippen LogP contribution in [0, 0.1) is 5.82 Å². The van der Waals surface area contributed by atoms with Crippen molar-refractivity contribution >= 4 is 11.6 Å². The van der Waals surface area contributed by atoms with Crippen LogP contribution in [0.1, 0.15) is 18.4 Å². The van der Waals surface area contributed by atoms with Crippen LogP contribution in [0.25, 0.3) is 0 Å². The van der Waals surface area contributed by atoms with Gasteiger partial charge in [-0.3, -0.25) is 0 Å². The number of hydrogen-bond donors (Lipinski definition) is 2. The van der Waals surface area contributed by atoms with Crippen LogP contribution in [0.15, 0.2) is 18.2 Å². The van der Waals surface area contributed by atoms with Gasteiger partial charge < -0.3 is 10.6 Å². The van der Waals surface area contributed by atoms with Gasteiger partial charge in [0.2, 0.25) is 0 Å². The van der Waals surface area contributed by atoms with Crippen LogP contribution in [0.5, 0.6) is 0 Å². The van der Waals surface area contributed by atoms with Crippen molar-refractivity contribution in [1.82, 2.24) is 10.6 Å². The summed E-state index contributed by atoms with van der Waals surface area (Å²) in [5.41, 5.74) is 0.681. The quantitative estimate of drug-likeness (QED) is 0.701. The molecule has 0 aliphatic heterocycles. The standard InChI is InChI=1S/C13H20ClFN2/c1-16-7-2-3-8-17-9-6-11-10-12(14)4-5-13(11)15/h4-5,10,16-17H,2-3,6-9H2,1H3. The minimum Gasteiger partial charge on any atom is -0.320 e. The van der Waals surface area contributed by atoms with Crippen molar-refractivity contribution in [2.24, 2.45) is 0 Å². The molecule has 96 valence electrons. The van der Waals surface area contributed by atoms with E-state index in [1.54, 1.807) is 12.1 Å². The Bertz CT molecular complexity index is 331. The fourth-order valence-corrected chi connectivity index (χ4v) is 1.83. The van der Waals surface area contributed by atoms with Crippen LogP contribution >= 0.6 is 11.6 Å². The normalized spacial score (nSPS) is 10.8. The van der Waals surface area contributed by atoms with Crippen LogP contribution in [0.4, 0.5) is 4.39 Å². The Hall–Kier alpha value is -0.640. The highest BCUT2D eigenvalue weighted by atomic mass is 35.5. The van der Waals surface area contributed by atoms with Gasteiger partial charge in [0, 0.05) is 5.02 Å². The molecule has 0 fully saturated rings. The number of halogens is 2. The van der Waals surface area contributed by atoms with Crippen molar-refractivity contribution in [3.05, 3.63) is 34.6 Å². The Kier molecular flexibility index (Phi) is 7.17. The van der Waals surface area contributed by atoms with E-state index in [1.807, 2.05) is 7.05 Å². The molecule has 0 bridgehead atoms. The molecule has 0 radical (unpaired) electrons. The largest absolute Gasteiger partial charge is 0.320 e. The second-order valence-electron chi connectivity index (χ2n) is 4.05. The molecule has 1 rings (SSSR count). The monoisotopic (exact) mass is 258 g/mol. The van der Waals surface area contributed by atoms with Crippen LogP contribution < -0.4 is 10.6 Å². The van der Waals surface area contributed by atoms with Crippen LogP contribution in [-0.4, -0.2) is 26.7 Å². The molecule has 0 atom stereocenters. The molecule has 1 aromatic rings. The topological polar surface area (TPSA) is 24.1 Å². The van der Waals surface area contributed by atoms with Gasteiger partial charge in [-0.1, -0.05) is 11.6 Å². The van der Waals surface area contributed by atoms with Gasteiger partial charge in [0.05, 0.1) is 0 Å². The van der Waals surface area contributed by atoms with Gasteiger partial charge in [0.15, 0.2) is 0 Å². The van der Waals surface area contributed by atoms with Gasteiger partial charge in [0.1, 0.15) is 5.82 Å². The maximum absolute atomic E-state index is 13.4. The van der Waals surface area contributed by atoms with Crippen LogP contribution in [0.2, 0.25) is 5.02 Å². The predicted octanol–water partition coefficient (Wildman–Crippen LogP) is 2.61. The first-order valence-electron chi connectivity index (χ1n) is 6.03. The third-order valence-electron chi connectivity index (χ3n) is 2.61. The van der Waals surface area contributed by atoms with Crippen molar-refractivity contribution in [2.75, 3.05) is 26.7 Å². The van der Waals surface area contributed by atoms with Gasteiger partial charge in [-0.2, -0.15) is 0 Å². The van der Waals surface area contributed by atoms with Crippen molar-refractivity contribution in [3.8, 4) is 0 Å². The summed E-state index contributed by atoms with van der Waals surface area (Å²) in [7, 11) is 1.95. The highest BCUT2D eigenvalue weighted by Crippen LogP contribution is 2.14. The minimum absolute atomic E-state index is 0.175. The molecule has 2 nitrogen and oxygen atoms in total. The molecular formula is C13H20ClFN2. The zero-order valence-electron chi connectivity index (χ0n) is 10.2. The van der Waals surface area contributed by atoms with Gasteiger partial charge in [-0.15, -0.1) is 0 Å². The van der Waals surface area contributed by atoms with Gasteiger partial charge >= 0.3 is 0 Å². The summed E-state index contributed by atoms with van der Waals surface area (Å²) >= 11 is 5.82. The summed E-state index contributed by atoms with van der Waals surface area (Å²) in [6.07, 6.45) is 2.98. The fraction of sp³-hybridized carbons (Fsp3) is 0.538. The molecule has 4 heteroatoms. The lowest BCUT2D eigenvalue weighted by Crippen LogP contribution is -2.20. The van der Waals surface area contributed by atoms with Crippen LogP contribution in [-0.2, 0) is 6.42 Å². The van der Waals surface area contributed by atoms with E-state index in [4.69, 9.17) is 11.6 Å². The van der Waals surface area contributed by atoms with E-state index in [-0.39, 0.29) is 5.82 Å². The number of rotatable bonds is 8. The summed E-state index contributed by atoms with van der Waals surface area (Å²) in [4.78, 5) is 0. The zero-order valence-corrected chi connectivity index (χ0v) is 11.0. The van der Waals surface area contributed by atoms with Crippen molar-refractivity contribution in [3.63, 3.8) is 0 Å². The van der Waals surface area contributed by atoms with Crippen molar-refractivity contribution in [2.45, 2.75) is 19.3 Å². The van der Waals surface area contributed by atoms with Crippen LogP contribution in [0.3, 0.4) is 0 Å². The highest BCUT2D eigenvalue weighted by Gasteiger charge is 2.02. The molecule has 0 unspecified atom stereocenters. The molecule has 0 spiro atoms. The lowest BCUT2D eigenvalue weighted by atomic mass is 10.1. The summed E-state index contributed by atoms with van der Waals surface area (Å²) < 4.78 is 13.4. The van der Waals surface area contributed by atoms with E-state index in [2.05, 4.69) is 10.6 Å². The minimum atomic E-state index is -0.175. The first-order valence-corrected chi connectivity index (χ1v) is 6.41. The molecule has 2 N–H and O–H groups in total. The molecule has 0 amide bonds. The maximum Gasteiger partial charge on any atom is 0.126 e. The predicted molar refractivity (Wildman–Crippen MR) is 71.1 cm³/mol. The average molecular weight is 259 g/mol. The first kappa shape index (κ1) is 14.4. The van der Waals surface area contributed by atoms with E-state index in [1.165, 1.54) is 6.07 Å². The lowest BCUT2D eigenvalue weighted by Gasteiger charge is -2.06. The van der Waals surface area contributed by atoms with Crippen molar-refractivity contribution < 1.29 is 4.39 Å². The molecule has 0 aromatic heterocycles. The third kappa shape index (κ3) is 6.01. The van der Waals surface area contributed by atoms with Gasteiger partial charge in [-0.05, 0) is 69.7 Å². The van der Waals surface area contributed by atoms with E-state index >= 15 is 0 Å². The summed E-state index contributed by atoms with van der Waals surface area (Å²) in [5, 5.41) is 7.00. The fourth-order valence-electron chi connectivity index (χ4n) is 1.63. The van der Waals surface area contributed by atoms with Gasteiger partial charge in [-0.25, -0.2) is 4.39 Å². The lowest BCUT2D eigenvalue weighted by molar-refractivity contribution is 0.583. The molecule has 0 aliphatic rings. The van der Waals surface area contributed by atoms with E-state index < -0.39 is 0 Å². The number of benzene rings is 1. The Morgan fingerprint density at radius 3 is 2.71 bits per heavy atom. The number of nitrogens with one attached hydrogen (secondary N) is 2. The van der Waals surface area contributed by atoms with Crippen molar-refractivity contribution in [1.29, 1.82) is 0 Å². The molecule has 0 saturated heterocycles. The Labute approximate surface area is 108 Å². The Morgan fingerprint density at radius 1 is 1.18 bits per heavy atom. The summed E-state index contributed by atoms with van der Waals surface area (Å²) in [6, 6.07) is 4.69. The number of hydrogen-bond acceptors (Lipinski definition) is 2. The molecule has 17 heavy (non-hydrogen) atoms. The third-order valence-corrected chi connectivity index (χ3v) is 2.84. The van der Waals surface area contributed by atoms with E-state index in [0.29, 0.717) is 17.0 Å². The Balaban J connectivity index is 2.15. The molecule has 1 aromatic carbocycles. The molecule has 0 saturated carbocycles. The summed E-state index contributed by atoms with van der Waals surface area (Å²) in [6.45, 7) is 2.81. The SMILES string of the molecule is CNCCCCNCCc1cc(Cl)ccc1F. The number of unbranched alkanes of at least 4 members (excludes halogenated alkanes) is 1.